The third kappa shape index (κ3) is 3.08. The van der Waals surface area contributed by atoms with E-state index in [0.717, 1.165) is 0 Å². The summed E-state index contributed by atoms with van der Waals surface area (Å²) < 4.78 is 16.1. The number of hydrogen-bond donors (Lipinski definition) is 0. The Labute approximate surface area is 161 Å². The average Bonchev–Trinajstić information content (AvgIpc) is 3.35. The van der Waals surface area contributed by atoms with Crippen LogP contribution in [0, 0.1) is 5.92 Å². The Morgan fingerprint density at radius 2 is 1.64 bits per heavy atom. The van der Waals surface area contributed by atoms with Gasteiger partial charge in [0, 0.05) is 5.56 Å². The molecule has 2 aliphatic rings. The van der Waals surface area contributed by atoms with Crippen molar-refractivity contribution in [2.75, 3.05) is 20.3 Å². The van der Waals surface area contributed by atoms with Gasteiger partial charge in [0.25, 0.3) is 5.91 Å². The van der Waals surface area contributed by atoms with Crippen molar-refractivity contribution in [3.63, 3.8) is 0 Å². The number of carbonyl (C=O) groups excluding carboxylic acids is 3. The van der Waals surface area contributed by atoms with Crippen LogP contribution in [0.15, 0.2) is 54.6 Å². The van der Waals surface area contributed by atoms with Gasteiger partial charge in [0.05, 0.1) is 26.4 Å². The van der Waals surface area contributed by atoms with E-state index in [0.29, 0.717) is 30.1 Å². The molecule has 4 rings (SSSR count). The maximum atomic E-state index is 13.2. The molecule has 0 aliphatic carbocycles. The first-order chi connectivity index (χ1) is 13.6. The normalized spacial score (nSPS) is 22.7. The standard InChI is InChI=1S/C21H19NO6/c1-26-15-9-7-14(8-10-15)18(23)16-17(13-5-3-2-4-6-13)22(20(25)19(16)24)21-27-11-12-28-21/h2-10,16-17,21H,11-12H2,1H3. The molecule has 2 heterocycles. The summed E-state index contributed by atoms with van der Waals surface area (Å²) >= 11 is 0. The van der Waals surface area contributed by atoms with E-state index in [9.17, 15) is 14.4 Å². The van der Waals surface area contributed by atoms with E-state index in [4.69, 9.17) is 14.2 Å². The van der Waals surface area contributed by atoms with Crippen molar-refractivity contribution in [3.05, 3.63) is 65.7 Å². The Kier molecular flexibility index (Phi) is 4.93. The highest BCUT2D eigenvalue weighted by atomic mass is 16.7. The number of carbonyl (C=O) groups is 3. The van der Waals surface area contributed by atoms with Gasteiger partial charge in [0.1, 0.15) is 11.7 Å². The highest BCUT2D eigenvalue weighted by Gasteiger charge is 2.55. The van der Waals surface area contributed by atoms with Gasteiger partial charge in [-0.05, 0) is 29.8 Å². The quantitative estimate of drug-likeness (QED) is 0.448. The Morgan fingerprint density at radius 3 is 2.25 bits per heavy atom. The number of nitrogens with zero attached hydrogens (tertiary/aromatic N) is 1. The summed E-state index contributed by atoms with van der Waals surface area (Å²) in [4.78, 5) is 40.1. The van der Waals surface area contributed by atoms with Crippen LogP contribution in [-0.2, 0) is 19.1 Å². The van der Waals surface area contributed by atoms with Crippen LogP contribution in [0.5, 0.6) is 5.75 Å². The number of methoxy groups -OCH3 is 1. The van der Waals surface area contributed by atoms with Crippen LogP contribution in [0.25, 0.3) is 0 Å². The van der Waals surface area contributed by atoms with Gasteiger partial charge in [0.15, 0.2) is 5.78 Å². The highest BCUT2D eigenvalue weighted by Crippen LogP contribution is 2.40. The largest absolute Gasteiger partial charge is 0.497 e. The zero-order chi connectivity index (χ0) is 19.7. The second-order valence-corrected chi connectivity index (χ2v) is 6.55. The van der Waals surface area contributed by atoms with Crippen molar-refractivity contribution >= 4 is 17.5 Å². The molecule has 7 nitrogen and oxygen atoms in total. The molecule has 0 saturated carbocycles. The van der Waals surface area contributed by atoms with E-state index in [-0.39, 0.29) is 0 Å². The number of likely N-dealkylation sites (tertiary alicyclic amines) is 1. The van der Waals surface area contributed by atoms with Crippen molar-refractivity contribution in [1.82, 2.24) is 4.90 Å². The van der Waals surface area contributed by atoms with Gasteiger partial charge in [-0.3, -0.25) is 19.3 Å². The van der Waals surface area contributed by atoms with Gasteiger partial charge < -0.3 is 14.2 Å². The minimum Gasteiger partial charge on any atom is -0.497 e. The third-order valence-corrected chi connectivity index (χ3v) is 4.97. The highest BCUT2D eigenvalue weighted by molar-refractivity contribution is 6.44. The molecule has 28 heavy (non-hydrogen) atoms. The van der Waals surface area contributed by atoms with E-state index in [1.807, 2.05) is 6.07 Å². The lowest BCUT2D eigenvalue weighted by Gasteiger charge is -2.30. The van der Waals surface area contributed by atoms with Gasteiger partial charge in [-0.25, -0.2) is 0 Å². The Morgan fingerprint density at radius 1 is 1.00 bits per heavy atom. The third-order valence-electron chi connectivity index (χ3n) is 4.97. The van der Waals surface area contributed by atoms with Crippen LogP contribution in [-0.4, -0.2) is 49.1 Å². The first-order valence-corrected chi connectivity index (χ1v) is 8.94. The number of ketones is 2. The lowest BCUT2D eigenvalue weighted by atomic mass is 9.86. The van der Waals surface area contributed by atoms with Crippen LogP contribution in [0.2, 0.25) is 0 Å². The molecule has 2 fully saturated rings. The Balaban J connectivity index is 1.75. The molecule has 2 atom stereocenters. The Hall–Kier alpha value is -3.03. The van der Waals surface area contributed by atoms with Crippen molar-refractivity contribution in [1.29, 1.82) is 0 Å². The summed E-state index contributed by atoms with van der Waals surface area (Å²) in [7, 11) is 1.53. The monoisotopic (exact) mass is 381 g/mol. The van der Waals surface area contributed by atoms with Crippen LogP contribution < -0.4 is 4.74 Å². The van der Waals surface area contributed by atoms with Gasteiger partial charge in [-0.2, -0.15) is 0 Å². The number of hydrogen-bond acceptors (Lipinski definition) is 6. The molecular formula is C21H19NO6. The molecule has 144 valence electrons. The number of Topliss-reactive ketones (excluding diaryl/α,β-unsaturated/α-hetero) is 2. The predicted octanol–water partition coefficient (Wildman–Crippen LogP) is 1.98. The lowest BCUT2D eigenvalue weighted by Crippen LogP contribution is -2.40. The smallest absolute Gasteiger partial charge is 0.295 e. The van der Waals surface area contributed by atoms with E-state index in [1.165, 1.54) is 12.0 Å². The van der Waals surface area contributed by atoms with E-state index in [2.05, 4.69) is 0 Å². The van der Waals surface area contributed by atoms with Crippen LogP contribution >= 0.6 is 0 Å². The zero-order valence-corrected chi connectivity index (χ0v) is 15.2. The maximum Gasteiger partial charge on any atom is 0.295 e. The second kappa shape index (κ2) is 7.53. The summed E-state index contributed by atoms with van der Waals surface area (Å²) in [5, 5.41) is 0. The van der Waals surface area contributed by atoms with E-state index in [1.54, 1.807) is 48.5 Å². The minimum absolute atomic E-state index is 0.321. The first-order valence-electron chi connectivity index (χ1n) is 8.94. The van der Waals surface area contributed by atoms with Gasteiger partial charge in [-0.15, -0.1) is 0 Å². The SMILES string of the molecule is COc1ccc(C(=O)C2C(=O)C(=O)N(C3OCCO3)C2c2ccccc2)cc1. The van der Waals surface area contributed by atoms with Crippen molar-refractivity contribution in [3.8, 4) is 5.75 Å². The molecule has 0 aromatic heterocycles. The molecule has 0 N–H and O–H groups in total. The Bertz CT molecular complexity index is 889. The molecule has 0 spiro atoms. The zero-order valence-electron chi connectivity index (χ0n) is 15.2. The summed E-state index contributed by atoms with van der Waals surface area (Å²) in [6.07, 6.45) is -0.977. The summed E-state index contributed by atoms with van der Waals surface area (Å²) in [6.45, 7) is 0.641. The lowest BCUT2D eigenvalue weighted by molar-refractivity contribution is -0.178. The average molecular weight is 381 g/mol. The number of amides is 1. The fourth-order valence-electron chi connectivity index (χ4n) is 3.62. The molecule has 2 aromatic rings. The molecule has 2 aliphatic heterocycles. The topological polar surface area (TPSA) is 82.1 Å². The van der Waals surface area contributed by atoms with Crippen LogP contribution in [0.4, 0.5) is 0 Å². The molecule has 0 radical (unpaired) electrons. The molecular weight excluding hydrogens is 362 g/mol. The predicted molar refractivity (Wildman–Crippen MR) is 97.5 cm³/mol. The van der Waals surface area contributed by atoms with Crippen LogP contribution in [0.3, 0.4) is 0 Å². The van der Waals surface area contributed by atoms with Crippen LogP contribution in [0.1, 0.15) is 22.0 Å². The second-order valence-electron chi connectivity index (χ2n) is 6.55. The number of benzene rings is 2. The molecule has 1 amide bonds. The van der Waals surface area contributed by atoms with E-state index < -0.39 is 35.8 Å². The van der Waals surface area contributed by atoms with Crippen molar-refractivity contribution < 1.29 is 28.6 Å². The minimum atomic E-state index is -1.17. The van der Waals surface area contributed by atoms with Gasteiger partial charge in [-0.1, -0.05) is 30.3 Å². The fraction of sp³-hybridized carbons (Fsp3) is 0.286. The van der Waals surface area contributed by atoms with E-state index >= 15 is 0 Å². The van der Waals surface area contributed by atoms with Crippen molar-refractivity contribution in [2.24, 2.45) is 5.92 Å². The summed E-state index contributed by atoms with van der Waals surface area (Å²) in [5.74, 6) is -2.52. The maximum absolute atomic E-state index is 13.2. The molecule has 0 bridgehead atoms. The molecule has 2 unspecified atom stereocenters. The molecule has 2 saturated heterocycles. The molecule has 7 heteroatoms. The number of rotatable bonds is 5. The number of ether oxygens (including phenoxy) is 3. The van der Waals surface area contributed by atoms with Gasteiger partial charge in [0.2, 0.25) is 12.2 Å². The van der Waals surface area contributed by atoms with Gasteiger partial charge >= 0.3 is 0 Å². The fourth-order valence-corrected chi connectivity index (χ4v) is 3.62. The van der Waals surface area contributed by atoms with Crippen molar-refractivity contribution in [2.45, 2.75) is 12.5 Å². The summed E-state index contributed by atoms with van der Waals surface area (Å²) in [6, 6.07) is 14.7. The molecule has 2 aromatic carbocycles. The first kappa shape index (κ1) is 18.3. The summed E-state index contributed by atoms with van der Waals surface area (Å²) in [5.41, 5.74) is 1.01.